The molecule has 0 spiro atoms. The molecule has 1 atom stereocenters. The van der Waals surface area contributed by atoms with Gasteiger partial charge in [0.1, 0.15) is 5.75 Å². The van der Waals surface area contributed by atoms with E-state index < -0.39 is 0 Å². The third-order valence-corrected chi connectivity index (χ3v) is 3.65. The number of anilines is 1. The van der Waals surface area contributed by atoms with Gasteiger partial charge in [0.15, 0.2) is 0 Å². The molecule has 1 unspecified atom stereocenters. The van der Waals surface area contributed by atoms with Gasteiger partial charge in [-0.25, -0.2) is 0 Å². The summed E-state index contributed by atoms with van der Waals surface area (Å²) in [6, 6.07) is 12.0. The van der Waals surface area contributed by atoms with Gasteiger partial charge in [-0.15, -0.1) is 0 Å². The maximum atomic E-state index is 9.68. The summed E-state index contributed by atoms with van der Waals surface area (Å²) in [5.41, 5.74) is 4.26. The second-order valence-electron chi connectivity index (χ2n) is 5.33. The third-order valence-electron chi connectivity index (χ3n) is 3.40. The number of hydrogen-bond donors (Lipinski definition) is 2. The summed E-state index contributed by atoms with van der Waals surface area (Å²) in [5, 5.41) is 13.9. The first-order chi connectivity index (χ1) is 9.45. The maximum Gasteiger partial charge on any atom is 0.118 e. The van der Waals surface area contributed by atoms with E-state index in [2.05, 4.69) is 24.4 Å². The molecule has 0 aliphatic carbocycles. The number of halogens is 1. The quantitative estimate of drug-likeness (QED) is 0.799. The highest BCUT2D eigenvalue weighted by Gasteiger charge is 2.08. The number of nitrogens with one attached hydrogen (secondary N) is 1. The van der Waals surface area contributed by atoms with Crippen LogP contribution in [0.2, 0.25) is 5.02 Å². The molecule has 0 saturated heterocycles. The lowest BCUT2D eigenvalue weighted by Gasteiger charge is -2.18. The van der Waals surface area contributed by atoms with Crippen LogP contribution in [0.5, 0.6) is 5.75 Å². The minimum absolute atomic E-state index is 0.304. The van der Waals surface area contributed by atoms with Crippen molar-refractivity contribution in [1.82, 2.24) is 0 Å². The normalized spacial score (nSPS) is 12.2. The van der Waals surface area contributed by atoms with E-state index in [1.807, 2.05) is 32.0 Å². The average molecular weight is 290 g/mol. The van der Waals surface area contributed by atoms with Crippen molar-refractivity contribution in [1.29, 1.82) is 0 Å². The Morgan fingerprint density at radius 2 is 1.75 bits per heavy atom. The van der Waals surface area contributed by atoms with Crippen molar-refractivity contribution in [3.05, 3.63) is 58.1 Å². The fourth-order valence-electron chi connectivity index (χ4n) is 2.25. The van der Waals surface area contributed by atoms with E-state index in [9.17, 15) is 5.11 Å². The number of phenols is 1. The van der Waals surface area contributed by atoms with E-state index in [1.54, 1.807) is 6.07 Å². The van der Waals surface area contributed by atoms with Gasteiger partial charge in [0, 0.05) is 16.8 Å². The van der Waals surface area contributed by atoms with Gasteiger partial charge in [0.25, 0.3) is 0 Å². The van der Waals surface area contributed by atoms with Crippen LogP contribution in [0.4, 0.5) is 5.69 Å². The van der Waals surface area contributed by atoms with Gasteiger partial charge >= 0.3 is 0 Å². The van der Waals surface area contributed by atoms with Crippen molar-refractivity contribution in [2.24, 2.45) is 0 Å². The van der Waals surface area contributed by atoms with E-state index in [0.29, 0.717) is 11.8 Å². The van der Waals surface area contributed by atoms with Crippen LogP contribution in [0.25, 0.3) is 0 Å². The van der Waals surface area contributed by atoms with Crippen LogP contribution in [0.3, 0.4) is 0 Å². The first-order valence-corrected chi connectivity index (χ1v) is 7.14. The fourth-order valence-corrected chi connectivity index (χ4v) is 2.37. The first-order valence-electron chi connectivity index (χ1n) is 6.77. The highest BCUT2D eigenvalue weighted by atomic mass is 35.5. The molecular formula is C17H20ClNO. The molecule has 0 fully saturated rings. The lowest BCUT2D eigenvalue weighted by molar-refractivity contribution is 0.470. The molecule has 2 aromatic carbocycles. The van der Waals surface area contributed by atoms with Crippen LogP contribution in [-0.2, 0) is 6.42 Å². The van der Waals surface area contributed by atoms with Crippen LogP contribution in [0, 0.1) is 13.8 Å². The lowest BCUT2D eigenvalue weighted by atomic mass is 10.1. The molecule has 2 rings (SSSR count). The Hall–Kier alpha value is -1.67. The number of phenolic OH excluding ortho intramolecular Hbond substituents is 1. The van der Waals surface area contributed by atoms with Gasteiger partial charge in [-0.05, 0) is 68.1 Å². The van der Waals surface area contributed by atoms with E-state index in [4.69, 9.17) is 11.6 Å². The standard InChI is InChI=1S/C17H20ClNO/c1-11-9-17(20)12(2)8-16(11)19-13(3)10-14-4-6-15(18)7-5-14/h4-9,13,19-20H,10H2,1-3H3. The predicted molar refractivity (Wildman–Crippen MR) is 85.8 cm³/mol. The van der Waals surface area contributed by atoms with Crippen LogP contribution in [0.1, 0.15) is 23.6 Å². The van der Waals surface area contributed by atoms with E-state index in [0.717, 1.165) is 28.3 Å². The molecular weight excluding hydrogens is 270 g/mol. The number of rotatable bonds is 4. The van der Waals surface area contributed by atoms with Crippen molar-refractivity contribution < 1.29 is 5.11 Å². The molecule has 0 heterocycles. The smallest absolute Gasteiger partial charge is 0.118 e. The first kappa shape index (κ1) is 14.7. The molecule has 2 aromatic rings. The molecule has 0 amide bonds. The van der Waals surface area contributed by atoms with Crippen LogP contribution < -0.4 is 5.32 Å². The van der Waals surface area contributed by atoms with Gasteiger partial charge in [-0.2, -0.15) is 0 Å². The van der Waals surface area contributed by atoms with Crippen molar-refractivity contribution in [2.45, 2.75) is 33.2 Å². The largest absolute Gasteiger partial charge is 0.508 e. The molecule has 2 nitrogen and oxygen atoms in total. The summed E-state index contributed by atoms with van der Waals surface area (Å²) in [6.45, 7) is 6.05. The summed E-state index contributed by atoms with van der Waals surface area (Å²) in [5.74, 6) is 0.346. The molecule has 20 heavy (non-hydrogen) atoms. The van der Waals surface area contributed by atoms with Gasteiger partial charge in [0.2, 0.25) is 0 Å². The Morgan fingerprint density at radius 1 is 1.10 bits per heavy atom. The summed E-state index contributed by atoms with van der Waals surface area (Å²) in [6.07, 6.45) is 0.927. The zero-order valence-corrected chi connectivity index (χ0v) is 12.8. The summed E-state index contributed by atoms with van der Waals surface area (Å²) in [4.78, 5) is 0. The number of hydrogen-bond acceptors (Lipinski definition) is 2. The Bertz CT molecular complexity index is 593. The number of benzene rings is 2. The van der Waals surface area contributed by atoms with Gasteiger partial charge in [-0.3, -0.25) is 0 Å². The molecule has 0 saturated carbocycles. The second-order valence-corrected chi connectivity index (χ2v) is 5.77. The Balaban J connectivity index is 2.06. The van der Waals surface area contributed by atoms with E-state index >= 15 is 0 Å². The maximum absolute atomic E-state index is 9.68. The molecule has 0 radical (unpaired) electrons. The number of aryl methyl sites for hydroxylation is 2. The van der Waals surface area contributed by atoms with Crippen LogP contribution in [-0.4, -0.2) is 11.1 Å². The van der Waals surface area contributed by atoms with E-state index in [-0.39, 0.29) is 0 Å². The predicted octanol–water partition coefficient (Wildman–Crippen LogP) is 4.71. The molecule has 0 aliphatic heterocycles. The van der Waals surface area contributed by atoms with Crippen molar-refractivity contribution in [2.75, 3.05) is 5.32 Å². The Morgan fingerprint density at radius 3 is 2.40 bits per heavy atom. The van der Waals surface area contributed by atoms with E-state index in [1.165, 1.54) is 5.56 Å². The zero-order valence-electron chi connectivity index (χ0n) is 12.1. The molecule has 3 heteroatoms. The van der Waals surface area contributed by atoms with Crippen molar-refractivity contribution in [3.63, 3.8) is 0 Å². The van der Waals surface area contributed by atoms with Crippen molar-refractivity contribution in [3.8, 4) is 5.75 Å². The Labute approximate surface area is 125 Å². The average Bonchev–Trinajstić information content (AvgIpc) is 2.39. The van der Waals surface area contributed by atoms with Crippen LogP contribution in [0.15, 0.2) is 36.4 Å². The fraction of sp³-hybridized carbons (Fsp3) is 0.294. The monoisotopic (exact) mass is 289 g/mol. The lowest BCUT2D eigenvalue weighted by Crippen LogP contribution is -2.18. The molecule has 2 N–H and O–H groups in total. The topological polar surface area (TPSA) is 32.3 Å². The van der Waals surface area contributed by atoms with Crippen LogP contribution >= 0.6 is 11.6 Å². The third kappa shape index (κ3) is 3.67. The molecule has 0 bridgehead atoms. The minimum atomic E-state index is 0.304. The van der Waals surface area contributed by atoms with Gasteiger partial charge in [-0.1, -0.05) is 23.7 Å². The second kappa shape index (κ2) is 6.19. The number of aromatic hydroxyl groups is 1. The molecule has 106 valence electrons. The molecule has 0 aromatic heterocycles. The SMILES string of the molecule is Cc1cc(NC(C)Cc2ccc(Cl)cc2)c(C)cc1O. The highest BCUT2D eigenvalue weighted by Crippen LogP contribution is 2.25. The van der Waals surface area contributed by atoms with Crippen molar-refractivity contribution >= 4 is 17.3 Å². The minimum Gasteiger partial charge on any atom is -0.508 e. The van der Waals surface area contributed by atoms with Gasteiger partial charge in [0.05, 0.1) is 0 Å². The van der Waals surface area contributed by atoms with Gasteiger partial charge < -0.3 is 10.4 Å². The zero-order chi connectivity index (χ0) is 14.7. The summed E-state index contributed by atoms with van der Waals surface area (Å²) >= 11 is 5.89. The summed E-state index contributed by atoms with van der Waals surface area (Å²) < 4.78 is 0. The Kier molecular flexibility index (Phi) is 4.56. The highest BCUT2D eigenvalue weighted by molar-refractivity contribution is 6.30. The summed E-state index contributed by atoms with van der Waals surface area (Å²) in [7, 11) is 0. The molecule has 0 aliphatic rings.